The highest BCUT2D eigenvalue weighted by molar-refractivity contribution is 7.62. The van der Waals surface area contributed by atoms with Crippen LogP contribution < -0.4 is 0 Å². The summed E-state index contributed by atoms with van der Waals surface area (Å²) in [6, 6.07) is 0. The third-order valence-electron chi connectivity index (χ3n) is 1.21. The van der Waals surface area contributed by atoms with Gasteiger partial charge in [-0.05, 0) is 20.3 Å². The van der Waals surface area contributed by atoms with Gasteiger partial charge in [-0.25, -0.2) is 0 Å². The van der Waals surface area contributed by atoms with Gasteiger partial charge in [-0.2, -0.15) is 0 Å². The summed E-state index contributed by atoms with van der Waals surface area (Å²) in [7, 11) is -2.25. The van der Waals surface area contributed by atoms with E-state index in [9.17, 15) is 9.36 Å². The molecule has 0 aliphatic carbocycles. The number of hydrogen-bond donors (Lipinski definition) is 0. The van der Waals surface area contributed by atoms with Crippen molar-refractivity contribution in [2.75, 3.05) is 13.3 Å². The second-order valence-electron chi connectivity index (χ2n) is 2.64. The van der Waals surface area contributed by atoms with E-state index in [4.69, 9.17) is 4.74 Å². The maximum absolute atomic E-state index is 11.2. The van der Waals surface area contributed by atoms with Gasteiger partial charge in [-0.3, -0.25) is 4.79 Å². The molecule has 0 heterocycles. The number of carbonyl (C=O) groups is 1. The summed E-state index contributed by atoms with van der Waals surface area (Å²) in [6.45, 7) is 6.15. The van der Waals surface area contributed by atoms with Gasteiger partial charge in [-0.1, -0.05) is 0 Å². The molecule has 0 aromatic heterocycles. The van der Waals surface area contributed by atoms with Crippen molar-refractivity contribution in [1.82, 2.24) is 0 Å². The second kappa shape index (κ2) is 3.20. The van der Waals surface area contributed by atoms with Crippen molar-refractivity contribution in [2.45, 2.75) is 19.7 Å². The Kier molecular flexibility index (Phi) is 3.10. The van der Waals surface area contributed by atoms with E-state index >= 15 is 0 Å². The summed E-state index contributed by atoms with van der Waals surface area (Å²) >= 11 is 0. The first-order chi connectivity index (χ1) is 4.34. The molecule has 0 saturated heterocycles. The van der Waals surface area contributed by atoms with Crippen LogP contribution in [0.2, 0.25) is 0 Å². The molecule has 0 saturated carbocycles. The third kappa shape index (κ3) is 3.67. The van der Waals surface area contributed by atoms with E-state index in [1.54, 1.807) is 20.3 Å². The van der Waals surface area contributed by atoms with Gasteiger partial charge >= 0.3 is 5.97 Å². The average molecular weight is 164 g/mol. The quantitative estimate of drug-likeness (QED) is 0.459. The van der Waals surface area contributed by atoms with Gasteiger partial charge in [0.05, 0.1) is 0 Å². The monoisotopic (exact) mass is 164 g/mol. The first-order valence-electron chi connectivity index (χ1n) is 3.06. The predicted octanol–water partition coefficient (Wildman–Crippen LogP) is 1.52. The van der Waals surface area contributed by atoms with Gasteiger partial charge < -0.3 is 9.30 Å². The molecule has 0 amide bonds. The highest BCUT2D eigenvalue weighted by Crippen LogP contribution is 2.42. The fraction of sp³-hybridized carbons (Fsp3) is 0.833. The van der Waals surface area contributed by atoms with Crippen molar-refractivity contribution < 1.29 is 14.1 Å². The molecule has 0 rings (SSSR count). The van der Waals surface area contributed by atoms with E-state index in [1.807, 2.05) is 0 Å². The average Bonchev–Trinajstić information content (AvgIpc) is 1.60. The highest BCUT2D eigenvalue weighted by Gasteiger charge is 2.20. The lowest BCUT2D eigenvalue weighted by Gasteiger charge is -2.15. The molecule has 0 aliphatic rings. The lowest BCUT2D eigenvalue weighted by Crippen LogP contribution is -2.11. The van der Waals surface area contributed by atoms with Gasteiger partial charge in [0.25, 0.3) is 0 Å². The second-order valence-corrected chi connectivity index (χ2v) is 6.24. The van der Waals surface area contributed by atoms with E-state index in [0.717, 1.165) is 0 Å². The van der Waals surface area contributed by atoms with Crippen LogP contribution in [0.15, 0.2) is 0 Å². The maximum atomic E-state index is 11.2. The molecule has 1 atom stereocenters. The van der Waals surface area contributed by atoms with E-state index in [1.165, 1.54) is 6.92 Å². The van der Waals surface area contributed by atoms with Crippen LogP contribution in [0, 0.1) is 0 Å². The van der Waals surface area contributed by atoms with Crippen LogP contribution in [-0.4, -0.2) is 25.1 Å². The van der Waals surface area contributed by atoms with E-state index < -0.39 is 13.0 Å². The number of ether oxygens (including phenoxy) is 1. The minimum absolute atomic E-state index is 0.378. The molecule has 0 spiro atoms. The van der Waals surface area contributed by atoms with Gasteiger partial charge in [0.1, 0.15) is 7.14 Å². The van der Waals surface area contributed by atoms with E-state index in [-0.39, 0.29) is 5.97 Å². The van der Waals surface area contributed by atoms with Crippen molar-refractivity contribution in [3.8, 4) is 0 Å². The minimum Gasteiger partial charge on any atom is -0.455 e. The summed E-state index contributed by atoms with van der Waals surface area (Å²) in [5.74, 6) is -0.832. The van der Waals surface area contributed by atoms with Crippen molar-refractivity contribution in [2.24, 2.45) is 0 Å². The van der Waals surface area contributed by atoms with Gasteiger partial charge in [0.2, 0.25) is 0 Å². The van der Waals surface area contributed by atoms with Crippen molar-refractivity contribution >= 4 is 13.1 Å². The molecule has 0 aromatic carbocycles. The fourth-order valence-electron chi connectivity index (χ4n) is 0.367. The molecule has 10 heavy (non-hydrogen) atoms. The number of rotatable bonds is 2. The topological polar surface area (TPSA) is 43.4 Å². The number of esters is 1. The molecule has 1 unspecified atom stereocenters. The van der Waals surface area contributed by atoms with Crippen molar-refractivity contribution in [1.29, 1.82) is 0 Å². The number of carbonyl (C=O) groups excluding carboxylic acids is 1. The van der Waals surface area contributed by atoms with Crippen LogP contribution in [0.3, 0.4) is 0 Å². The molecule has 60 valence electrons. The van der Waals surface area contributed by atoms with Crippen LogP contribution in [0.25, 0.3) is 0 Å². The molecule has 0 aliphatic heterocycles. The first kappa shape index (κ1) is 9.70. The fourth-order valence-corrected chi connectivity index (χ4v) is 0.769. The maximum Gasteiger partial charge on any atom is 0.303 e. The zero-order chi connectivity index (χ0) is 8.36. The summed E-state index contributed by atoms with van der Waals surface area (Å²) < 4.78 is 15.9. The SMILES string of the molecule is CC(=O)OC(C)P(C)(C)=O. The Balaban J connectivity index is 3.98. The molecule has 0 N–H and O–H groups in total. The molecule has 4 heteroatoms. The highest BCUT2D eigenvalue weighted by atomic mass is 31.2. The van der Waals surface area contributed by atoms with Crippen LogP contribution in [0.5, 0.6) is 0 Å². The van der Waals surface area contributed by atoms with Gasteiger partial charge in [0.15, 0.2) is 5.85 Å². The molecule has 0 radical (unpaired) electrons. The Bertz CT molecular complexity index is 170. The standard InChI is InChI=1S/C6H13O3P/c1-5(7)9-6(2)10(3,4)8/h6H,1-4H3. The predicted molar refractivity (Wildman–Crippen MR) is 40.7 cm³/mol. The third-order valence-corrected chi connectivity index (χ3v) is 3.07. The van der Waals surface area contributed by atoms with E-state index in [2.05, 4.69) is 0 Å². The Morgan fingerprint density at radius 1 is 1.50 bits per heavy atom. The summed E-state index contributed by atoms with van der Waals surface area (Å²) in [5.41, 5.74) is 0. The van der Waals surface area contributed by atoms with E-state index in [0.29, 0.717) is 0 Å². The van der Waals surface area contributed by atoms with Crippen LogP contribution in [-0.2, 0) is 14.1 Å². The van der Waals surface area contributed by atoms with Crippen LogP contribution >= 0.6 is 7.14 Å². The Hall–Kier alpha value is -0.300. The largest absolute Gasteiger partial charge is 0.455 e. The van der Waals surface area contributed by atoms with Crippen molar-refractivity contribution in [3.63, 3.8) is 0 Å². The normalized spacial score (nSPS) is 14.4. The zero-order valence-corrected chi connectivity index (χ0v) is 7.64. The minimum atomic E-state index is -2.25. The van der Waals surface area contributed by atoms with Gasteiger partial charge in [-0.15, -0.1) is 0 Å². The molecule has 3 nitrogen and oxygen atoms in total. The summed E-state index contributed by atoms with van der Waals surface area (Å²) in [5, 5.41) is 0. The first-order valence-corrected chi connectivity index (χ1v) is 5.73. The van der Waals surface area contributed by atoms with Crippen LogP contribution in [0.1, 0.15) is 13.8 Å². The van der Waals surface area contributed by atoms with Crippen LogP contribution in [0.4, 0.5) is 0 Å². The molecule has 0 aromatic rings. The zero-order valence-electron chi connectivity index (χ0n) is 6.75. The Morgan fingerprint density at radius 3 is 2.00 bits per heavy atom. The molecule has 0 fully saturated rings. The lowest BCUT2D eigenvalue weighted by atomic mass is 10.8. The summed E-state index contributed by atoms with van der Waals surface area (Å²) in [6.07, 6.45) is 0. The van der Waals surface area contributed by atoms with Crippen molar-refractivity contribution in [3.05, 3.63) is 0 Å². The lowest BCUT2D eigenvalue weighted by molar-refractivity contribution is -0.142. The van der Waals surface area contributed by atoms with Gasteiger partial charge in [0, 0.05) is 6.92 Å². The Labute approximate surface area is 61.1 Å². The number of hydrogen-bond acceptors (Lipinski definition) is 3. The smallest absolute Gasteiger partial charge is 0.303 e. The summed E-state index contributed by atoms with van der Waals surface area (Å²) in [4.78, 5) is 10.4. The molecular weight excluding hydrogens is 151 g/mol. The molecule has 0 bridgehead atoms. The Morgan fingerprint density at radius 2 is 1.90 bits per heavy atom. The molecular formula is C6H13O3P.